The van der Waals surface area contributed by atoms with Gasteiger partial charge in [-0.15, -0.1) is 0 Å². The number of pyridine rings is 1. The third kappa shape index (κ3) is 2.61. The van der Waals surface area contributed by atoms with E-state index in [1.54, 1.807) is 48.3 Å². The molecule has 0 bridgehead atoms. The van der Waals surface area contributed by atoms with E-state index < -0.39 is 5.97 Å². The Balaban J connectivity index is 1.85. The maximum Gasteiger partial charge on any atom is 0.337 e. The van der Waals surface area contributed by atoms with Crippen molar-refractivity contribution in [2.75, 3.05) is 7.11 Å². The van der Waals surface area contributed by atoms with E-state index in [1.807, 2.05) is 18.2 Å². The number of ether oxygens (including phenoxy) is 1. The topological polar surface area (TPSA) is 74.1 Å². The second kappa shape index (κ2) is 6.07. The number of nitrogens with zero attached hydrogens (tertiary/aromatic N) is 3. The van der Waals surface area contributed by atoms with Gasteiger partial charge in [0, 0.05) is 24.2 Å². The van der Waals surface area contributed by atoms with Gasteiger partial charge < -0.3 is 9.30 Å². The Bertz CT molecular complexity index is 1230. The van der Waals surface area contributed by atoms with Crippen LogP contribution in [0.25, 0.3) is 33.1 Å². The zero-order valence-electron chi connectivity index (χ0n) is 14.3. The SMILES string of the molecule is COC(=O)c1ccc2ncc(-c3ccc4c(=O)n(C)ccc4c3)nc2c1. The van der Waals surface area contributed by atoms with Crippen molar-refractivity contribution in [3.63, 3.8) is 0 Å². The normalized spacial score (nSPS) is 11.0. The van der Waals surface area contributed by atoms with Gasteiger partial charge in [-0.05, 0) is 41.8 Å². The first-order valence-electron chi connectivity index (χ1n) is 8.02. The van der Waals surface area contributed by atoms with Crippen LogP contribution in [0.3, 0.4) is 0 Å². The predicted molar refractivity (Wildman–Crippen MR) is 99.1 cm³/mol. The lowest BCUT2D eigenvalue weighted by Gasteiger charge is -2.06. The van der Waals surface area contributed by atoms with E-state index >= 15 is 0 Å². The van der Waals surface area contributed by atoms with E-state index in [2.05, 4.69) is 9.97 Å². The fraction of sp³-hybridized carbons (Fsp3) is 0.100. The van der Waals surface area contributed by atoms with Crippen LogP contribution in [0.5, 0.6) is 0 Å². The molecular weight excluding hydrogens is 330 g/mol. The van der Waals surface area contributed by atoms with Crippen LogP contribution in [0.2, 0.25) is 0 Å². The number of carbonyl (C=O) groups is 1. The third-order valence-corrected chi connectivity index (χ3v) is 4.34. The Morgan fingerprint density at radius 2 is 1.92 bits per heavy atom. The van der Waals surface area contributed by atoms with Gasteiger partial charge in [0.15, 0.2) is 0 Å². The van der Waals surface area contributed by atoms with E-state index in [1.165, 1.54) is 7.11 Å². The molecule has 4 aromatic rings. The van der Waals surface area contributed by atoms with Gasteiger partial charge in [0.25, 0.3) is 5.56 Å². The van der Waals surface area contributed by atoms with Gasteiger partial charge >= 0.3 is 5.97 Å². The summed E-state index contributed by atoms with van der Waals surface area (Å²) in [4.78, 5) is 32.9. The highest BCUT2D eigenvalue weighted by molar-refractivity contribution is 5.94. The second-order valence-electron chi connectivity index (χ2n) is 5.98. The van der Waals surface area contributed by atoms with Crippen molar-refractivity contribution < 1.29 is 9.53 Å². The lowest BCUT2D eigenvalue weighted by atomic mass is 10.1. The summed E-state index contributed by atoms with van der Waals surface area (Å²) in [6.07, 6.45) is 3.42. The van der Waals surface area contributed by atoms with Crippen LogP contribution < -0.4 is 5.56 Å². The number of methoxy groups -OCH3 is 1. The van der Waals surface area contributed by atoms with Crippen LogP contribution in [0.1, 0.15) is 10.4 Å². The fourth-order valence-corrected chi connectivity index (χ4v) is 2.90. The summed E-state index contributed by atoms with van der Waals surface area (Å²) >= 11 is 0. The summed E-state index contributed by atoms with van der Waals surface area (Å²) < 4.78 is 6.30. The maximum atomic E-state index is 12.2. The molecule has 0 aliphatic carbocycles. The predicted octanol–water partition coefficient (Wildman–Crippen LogP) is 2.94. The van der Waals surface area contributed by atoms with Crippen LogP contribution >= 0.6 is 0 Å². The number of rotatable bonds is 2. The van der Waals surface area contributed by atoms with Gasteiger partial charge in [-0.3, -0.25) is 9.78 Å². The molecular formula is C20H15N3O3. The van der Waals surface area contributed by atoms with Gasteiger partial charge in [0.2, 0.25) is 0 Å². The summed E-state index contributed by atoms with van der Waals surface area (Å²) in [6, 6.07) is 12.5. The molecule has 0 unspecified atom stereocenters. The average molecular weight is 345 g/mol. The Morgan fingerprint density at radius 3 is 2.73 bits per heavy atom. The minimum atomic E-state index is -0.416. The van der Waals surface area contributed by atoms with Crippen LogP contribution in [-0.4, -0.2) is 27.6 Å². The molecule has 0 radical (unpaired) electrons. The molecule has 0 spiro atoms. The number of carbonyl (C=O) groups excluding carboxylic acids is 1. The number of aromatic nitrogens is 3. The highest BCUT2D eigenvalue weighted by Crippen LogP contribution is 2.23. The molecule has 2 aromatic carbocycles. The zero-order chi connectivity index (χ0) is 18.3. The molecule has 6 nitrogen and oxygen atoms in total. The molecule has 4 rings (SSSR count). The zero-order valence-corrected chi connectivity index (χ0v) is 14.3. The van der Waals surface area contributed by atoms with Crippen LogP contribution in [-0.2, 0) is 11.8 Å². The fourth-order valence-electron chi connectivity index (χ4n) is 2.90. The highest BCUT2D eigenvalue weighted by Gasteiger charge is 2.09. The van der Waals surface area contributed by atoms with Gasteiger partial charge in [-0.1, -0.05) is 6.07 Å². The van der Waals surface area contributed by atoms with Crippen LogP contribution in [0.15, 0.2) is 59.7 Å². The smallest absolute Gasteiger partial charge is 0.337 e. The molecule has 0 N–H and O–H groups in total. The first kappa shape index (κ1) is 16.0. The third-order valence-electron chi connectivity index (χ3n) is 4.34. The lowest BCUT2D eigenvalue weighted by molar-refractivity contribution is 0.0601. The number of hydrogen-bond acceptors (Lipinski definition) is 5. The highest BCUT2D eigenvalue weighted by atomic mass is 16.5. The minimum Gasteiger partial charge on any atom is -0.465 e. The van der Waals surface area contributed by atoms with Crippen molar-refractivity contribution in [1.82, 2.24) is 14.5 Å². The second-order valence-corrected chi connectivity index (χ2v) is 5.98. The molecule has 0 saturated carbocycles. The van der Waals surface area contributed by atoms with Crippen molar-refractivity contribution in [3.05, 3.63) is 70.8 Å². The molecule has 0 aliphatic rings. The first-order chi connectivity index (χ1) is 12.6. The number of esters is 1. The maximum absolute atomic E-state index is 12.2. The molecule has 2 heterocycles. The molecule has 128 valence electrons. The molecule has 0 fully saturated rings. The molecule has 26 heavy (non-hydrogen) atoms. The summed E-state index contributed by atoms with van der Waals surface area (Å²) in [5.41, 5.74) is 3.20. The average Bonchev–Trinajstić information content (AvgIpc) is 2.69. The van der Waals surface area contributed by atoms with Crippen molar-refractivity contribution in [3.8, 4) is 11.3 Å². The van der Waals surface area contributed by atoms with E-state index in [-0.39, 0.29) is 5.56 Å². The lowest BCUT2D eigenvalue weighted by Crippen LogP contribution is -2.15. The standard InChI is InChI=1S/C20H15N3O3/c1-23-8-7-12-9-13(3-5-15(12)19(23)24)18-11-21-16-6-4-14(20(25)26-2)10-17(16)22-18/h3-11H,1-2H3. The molecule has 6 heteroatoms. The van der Waals surface area contributed by atoms with Crippen molar-refractivity contribution in [2.24, 2.45) is 7.05 Å². The van der Waals surface area contributed by atoms with E-state index in [0.29, 0.717) is 27.7 Å². The van der Waals surface area contributed by atoms with E-state index in [9.17, 15) is 9.59 Å². The largest absolute Gasteiger partial charge is 0.465 e. The van der Waals surface area contributed by atoms with Crippen LogP contribution in [0, 0.1) is 0 Å². The number of hydrogen-bond donors (Lipinski definition) is 0. The summed E-state index contributed by atoms with van der Waals surface area (Å²) in [5.74, 6) is -0.416. The Kier molecular flexibility index (Phi) is 3.73. The molecule has 0 saturated heterocycles. The van der Waals surface area contributed by atoms with Gasteiger partial charge in [-0.25, -0.2) is 9.78 Å². The van der Waals surface area contributed by atoms with Crippen molar-refractivity contribution in [1.29, 1.82) is 0 Å². The van der Waals surface area contributed by atoms with Gasteiger partial charge in [0.05, 0.1) is 35.6 Å². The molecule has 0 atom stereocenters. The van der Waals surface area contributed by atoms with Crippen LogP contribution in [0.4, 0.5) is 0 Å². The summed E-state index contributed by atoms with van der Waals surface area (Å²) in [7, 11) is 3.07. The van der Waals surface area contributed by atoms with Crippen molar-refractivity contribution in [2.45, 2.75) is 0 Å². The molecule has 0 aliphatic heterocycles. The monoisotopic (exact) mass is 345 g/mol. The Hall–Kier alpha value is -3.54. The molecule has 2 aromatic heterocycles. The van der Waals surface area contributed by atoms with E-state index in [0.717, 1.165) is 10.9 Å². The number of aryl methyl sites for hydroxylation is 1. The van der Waals surface area contributed by atoms with Gasteiger partial charge in [0.1, 0.15) is 0 Å². The first-order valence-corrected chi connectivity index (χ1v) is 8.02. The minimum absolute atomic E-state index is 0.0404. The van der Waals surface area contributed by atoms with Crippen molar-refractivity contribution >= 4 is 27.8 Å². The van der Waals surface area contributed by atoms with E-state index in [4.69, 9.17) is 4.74 Å². The Morgan fingerprint density at radius 1 is 1.08 bits per heavy atom. The van der Waals surface area contributed by atoms with Gasteiger partial charge in [-0.2, -0.15) is 0 Å². The number of benzene rings is 2. The quantitative estimate of drug-likeness (QED) is 0.522. The Labute approximate surface area is 148 Å². The molecule has 0 amide bonds. The summed E-state index contributed by atoms with van der Waals surface area (Å²) in [5, 5.41) is 1.50. The summed E-state index contributed by atoms with van der Waals surface area (Å²) in [6.45, 7) is 0. The number of fused-ring (bicyclic) bond motifs is 2.